The van der Waals surface area contributed by atoms with E-state index < -0.39 is 0 Å². The fraction of sp³-hybridized carbons (Fsp3) is 0. The number of rotatable bonds is 6. The molecule has 0 saturated carbocycles. The van der Waals surface area contributed by atoms with Crippen molar-refractivity contribution in [2.24, 2.45) is 0 Å². The number of nitrogens with zero attached hydrogens (tertiary/aromatic N) is 3. The molecule has 0 unspecified atom stereocenters. The van der Waals surface area contributed by atoms with Crippen LogP contribution in [0.1, 0.15) is 0 Å². The van der Waals surface area contributed by atoms with Gasteiger partial charge in [-0.05, 0) is 64.2 Å². The second kappa shape index (κ2) is 13.5. The number of hydrogen-bond acceptors (Lipinski definition) is 5. The van der Waals surface area contributed by atoms with Crippen molar-refractivity contribution in [1.82, 2.24) is 15.0 Å². The van der Waals surface area contributed by atoms with Crippen molar-refractivity contribution >= 4 is 63.0 Å². The number of thiophene rings is 2. The van der Waals surface area contributed by atoms with Gasteiger partial charge in [0.2, 0.25) is 0 Å². The molecule has 0 fully saturated rings. The number of aromatic nitrogens is 3. The molecule has 0 bridgehead atoms. The van der Waals surface area contributed by atoms with E-state index >= 15 is 0 Å². The molecule has 3 nitrogen and oxygen atoms in total. The van der Waals surface area contributed by atoms with Gasteiger partial charge >= 0.3 is 0 Å². The van der Waals surface area contributed by atoms with Crippen molar-refractivity contribution < 1.29 is 0 Å². The Morgan fingerprint density at radius 1 is 0.286 bits per heavy atom. The lowest BCUT2D eigenvalue weighted by molar-refractivity contribution is 1.08. The molecule has 0 atom stereocenters. The number of benzene rings is 8. The van der Waals surface area contributed by atoms with Gasteiger partial charge in [-0.3, -0.25) is 0 Å². The fourth-order valence-corrected chi connectivity index (χ4v) is 10.3. The summed E-state index contributed by atoms with van der Waals surface area (Å²) in [5, 5.41) is 5.04. The first kappa shape index (κ1) is 32.6. The summed E-state index contributed by atoms with van der Waals surface area (Å²) in [6.07, 6.45) is 0. The van der Waals surface area contributed by atoms with Gasteiger partial charge in [-0.1, -0.05) is 152 Å². The second-order valence-electron chi connectivity index (χ2n) is 13.9. The molecule has 5 heteroatoms. The minimum atomic E-state index is 0.648. The van der Waals surface area contributed by atoms with Crippen molar-refractivity contribution in [3.05, 3.63) is 188 Å². The first-order valence-electron chi connectivity index (χ1n) is 18.7. The van der Waals surface area contributed by atoms with E-state index in [0.29, 0.717) is 17.5 Å². The third-order valence-corrected chi connectivity index (χ3v) is 13.0. The summed E-state index contributed by atoms with van der Waals surface area (Å²) in [5.74, 6) is 1.96. The molecular formula is C51H31N3S2. The Morgan fingerprint density at radius 3 is 1.62 bits per heavy atom. The molecule has 0 saturated heterocycles. The van der Waals surface area contributed by atoms with Gasteiger partial charge in [-0.15, -0.1) is 22.7 Å². The SMILES string of the molecule is c1ccc(-c2cccc(-c3nc(-c4ccccc4)nc(-c4cccc5c4sc4cccc(-c6cc(-c7ccccc7)c7sc8ccccc8c7c6)c45)n3)c2)cc1. The Labute approximate surface area is 331 Å². The normalized spacial score (nSPS) is 11.6. The summed E-state index contributed by atoms with van der Waals surface area (Å²) in [6, 6.07) is 66.7. The van der Waals surface area contributed by atoms with Crippen LogP contribution >= 0.6 is 22.7 Å². The fourth-order valence-electron chi connectivity index (χ4n) is 7.89. The van der Waals surface area contributed by atoms with Crippen LogP contribution in [0.2, 0.25) is 0 Å². The summed E-state index contributed by atoms with van der Waals surface area (Å²) < 4.78 is 5.02. The van der Waals surface area contributed by atoms with E-state index in [0.717, 1.165) is 32.5 Å². The standard InChI is InChI=1S/C51H31N3S2/c1-4-15-32(16-5-1)35-21-12-22-36(29-35)50-52-49(34-19-8-3-9-20-34)53-51(54-50)41-26-13-25-40-46-38(24-14-28-45(46)56-47(40)41)37-30-42(33-17-6-2-7-18-33)48-43(31-37)39-23-10-11-27-44(39)55-48/h1-31H. The van der Waals surface area contributed by atoms with Crippen LogP contribution in [0.25, 0.3) is 108 Å². The third kappa shape index (κ3) is 5.60. The van der Waals surface area contributed by atoms with Crippen LogP contribution in [-0.2, 0) is 0 Å². The molecule has 11 aromatic rings. The average molecular weight is 750 g/mol. The van der Waals surface area contributed by atoms with Crippen LogP contribution in [0.5, 0.6) is 0 Å². The van der Waals surface area contributed by atoms with Crippen LogP contribution in [0.3, 0.4) is 0 Å². The van der Waals surface area contributed by atoms with Crippen LogP contribution in [-0.4, -0.2) is 15.0 Å². The topological polar surface area (TPSA) is 38.7 Å². The summed E-state index contributed by atoms with van der Waals surface area (Å²) in [6.45, 7) is 0. The number of fused-ring (bicyclic) bond motifs is 6. The van der Waals surface area contributed by atoms with Crippen molar-refractivity contribution in [3.8, 4) is 67.5 Å². The zero-order valence-electron chi connectivity index (χ0n) is 30.1. The maximum atomic E-state index is 5.22. The van der Waals surface area contributed by atoms with Gasteiger partial charge in [-0.2, -0.15) is 0 Å². The maximum Gasteiger partial charge on any atom is 0.165 e. The molecular weight excluding hydrogens is 719 g/mol. The van der Waals surface area contributed by atoms with E-state index in [9.17, 15) is 0 Å². The van der Waals surface area contributed by atoms with Crippen LogP contribution in [0, 0.1) is 0 Å². The van der Waals surface area contributed by atoms with Gasteiger partial charge in [0.15, 0.2) is 17.5 Å². The zero-order valence-corrected chi connectivity index (χ0v) is 31.7. The van der Waals surface area contributed by atoms with E-state index in [1.54, 1.807) is 11.3 Å². The maximum absolute atomic E-state index is 5.22. The molecule has 56 heavy (non-hydrogen) atoms. The summed E-state index contributed by atoms with van der Waals surface area (Å²) in [7, 11) is 0. The monoisotopic (exact) mass is 749 g/mol. The first-order valence-corrected chi connectivity index (χ1v) is 20.3. The predicted molar refractivity (Wildman–Crippen MR) is 238 cm³/mol. The molecule has 0 aliphatic rings. The third-order valence-electron chi connectivity index (χ3n) is 10.5. The van der Waals surface area contributed by atoms with Crippen molar-refractivity contribution in [2.75, 3.05) is 0 Å². The highest BCUT2D eigenvalue weighted by atomic mass is 32.1. The molecule has 3 aromatic heterocycles. The van der Waals surface area contributed by atoms with E-state index in [4.69, 9.17) is 15.0 Å². The summed E-state index contributed by atoms with van der Waals surface area (Å²) in [5.41, 5.74) is 10.1. The lowest BCUT2D eigenvalue weighted by Crippen LogP contribution is -2.00. The molecule has 8 aromatic carbocycles. The van der Waals surface area contributed by atoms with Gasteiger partial charge in [0, 0.05) is 62.6 Å². The van der Waals surface area contributed by atoms with E-state index in [1.165, 1.54) is 57.9 Å². The smallest absolute Gasteiger partial charge is 0.165 e. The Hall–Kier alpha value is -6.79. The van der Waals surface area contributed by atoms with E-state index in [-0.39, 0.29) is 0 Å². The van der Waals surface area contributed by atoms with E-state index in [2.05, 4.69) is 164 Å². The molecule has 0 N–H and O–H groups in total. The lowest BCUT2D eigenvalue weighted by Gasteiger charge is -2.11. The van der Waals surface area contributed by atoms with Gasteiger partial charge < -0.3 is 0 Å². The molecule has 11 rings (SSSR count). The first-order chi connectivity index (χ1) is 27.7. The second-order valence-corrected chi connectivity index (χ2v) is 16.1. The van der Waals surface area contributed by atoms with Gasteiger partial charge in [0.25, 0.3) is 0 Å². The van der Waals surface area contributed by atoms with Crippen molar-refractivity contribution in [2.45, 2.75) is 0 Å². The average Bonchev–Trinajstić information content (AvgIpc) is 3.86. The summed E-state index contributed by atoms with van der Waals surface area (Å²) >= 11 is 3.68. The van der Waals surface area contributed by atoms with Gasteiger partial charge in [-0.25, -0.2) is 15.0 Å². The predicted octanol–water partition coefficient (Wildman–Crippen LogP) is 14.6. The molecule has 0 aliphatic heterocycles. The highest BCUT2D eigenvalue weighted by Gasteiger charge is 2.20. The Balaban J connectivity index is 1.12. The minimum absolute atomic E-state index is 0.648. The minimum Gasteiger partial charge on any atom is -0.208 e. The molecule has 0 radical (unpaired) electrons. The Morgan fingerprint density at radius 2 is 0.821 bits per heavy atom. The van der Waals surface area contributed by atoms with Crippen LogP contribution in [0.15, 0.2) is 188 Å². The Bertz CT molecular complexity index is 3240. The molecule has 3 heterocycles. The van der Waals surface area contributed by atoms with Crippen molar-refractivity contribution in [3.63, 3.8) is 0 Å². The highest BCUT2D eigenvalue weighted by Crippen LogP contribution is 2.47. The van der Waals surface area contributed by atoms with Crippen LogP contribution in [0.4, 0.5) is 0 Å². The molecule has 0 amide bonds. The molecule has 0 aliphatic carbocycles. The van der Waals surface area contributed by atoms with Crippen molar-refractivity contribution in [1.29, 1.82) is 0 Å². The zero-order chi connectivity index (χ0) is 37.0. The number of hydrogen-bond donors (Lipinski definition) is 0. The highest BCUT2D eigenvalue weighted by molar-refractivity contribution is 7.26. The molecule has 262 valence electrons. The Kier molecular flexibility index (Phi) is 7.87. The largest absolute Gasteiger partial charge is 0.208 e. The van der Waals surface area contributed by atoms with Gasteiger partial charge in [0.1, 0.15) is 0 Å². The van der Waals surface area contributed by atoms with Gasteiger partial charge in [0.05, 0.1) is 0 Å². The van der Waals surface area contributed by atoms with Crippen LogP contribution < -0.4 is 0 Å². The molecule has 0 spiro atoms. The summed E-state index contributed by atoms with van der Waals surface area (Å²) in [4.78, 5) is 15.5. The van der Waals surface area contributed by atoms with E-state index in [1.807, 2.05) is 35.6 Å². The lowest BCUT2D eigenvalue weighted by atomic mass is 9.93. The quantitative estimate of drug-likeness (QED) is 0.170.